The van der Waals surface area contributed by atoms with Crippen LogP contribution in [0.2, 0.25) is 0 Å². The second-order valence-electron chi connectivity index (χ2n) is 7.23. The monoisotopic (exact) mass is 346 g/mol. The molecule has 0 bridgehead atoms. The first-order chi connectivity index (χ1) is 12.5. The molecule has 1 aliphatic carbocycles. The van der Waals surface area contributed by atoms with Gasteiger partial charge in [0, 0.05) is 18.0 Å². The second-order valence-corrected chi connectivity index (χ2v) is 7.23. The molecule has 4 rings (SSSR count). The smallest absolute Gasteiger partial charge is 0.267 e. The largest absolute Gasteiger partial charge is 0.277 e. The standard InChI is InChI=1S/C21H22N4O/c1-13-4-6-18(15(3)8-13)16-5-7-19-17(9-16)12-24-25(20(19)26)21-22-10-14(2)11-23-21/h4,6,8,10-12,16H,5,7,9H2,1-3H3. The lowest BCUT2D eigenvalue weighted by molar-refractivity contribution is 0.563. The highest BCUT2D eigenvalue weighted by Gasteiger charge is 2.25. The molecule has 0 N–H and O–H groups in total. The van der Waals surface area contributed by atoms with E-state index in [0.717, 1.165) is 36.0 Å². The van der Waals surface area contributed by atoms with Crippen molar-refractivity contribution in [3.8, 4) is 5.95 Å². The third-order valence-electron chi connectivity index (χ3n) is 5.20. The van der Waals surface area contributed by atoms with E-state index < -0.39 is 0 Å². The molecule has 1 aliphatic rings. The molecule has 5 heteroatoms. The minimum absolute atomic E-state index is 0.0922. The van der Waals surface area contributed by atoms with Gasteiger partial charge in [-0.15, -0.1) is 0 Å². The average Bonchev–Trinajstić information content (AvgIpc) is 2.63. The highest BCUT2D eigenvalue weighted by Crippen LogP contribution is 2.33. The topological polar surface area (TPSA) is 60.7 Å². The molecule has 0 spiro atoms. The fourth-order valence-corrected chi connectivity index (χ4v) is 3.84. The van der Waals surface area contributed by atoms with Crippen LogP contribution in [0.4, 0.5) is 0 Å². The molecule has 0 amide bonds. The summed E-state index contributed by atoms with van der Waals surface area (Å²) in [6.07, 6.45) is 7.82. The van der Waals surface area contributed by atoms with Crippen molar-refractivity contribution >= 4 is 0 Å². The van der Waals surface area contributed by atoms with Crippen molar-refractivity contribution in [1.29, 1.82) is 0 Å². The van der Waals surface area contributed by atoms with Gasteiger partial charge in [0.15, 0.2) is 0 Å². The molecule has 132 valence electrons. The van der Waals surface area contributed by atoms with Crippen LogP contribution in [0.3, 0.4) is 0 Å². The lowest BCUT2D eigenvalue weighted by Gasteiger charge is -2.26. The summed E-state index contributed by atoms with van der Waals surface area (Å²) in [5, 5.41) is 4.34. The number of fused-ring (bicyclic) bond motifs is 1. The van der Waals surface area contributed by atoms with Gasteiger partial charge in [0.25, 0.3) is 11.5 Å². The zero-order chi connectivity index (χ0) is 18.3. The van der Waals surface area contributed by atoms with Crippen LogP contribution >= 0.6 is 0 Å². The molecule has 26 heavy (non-hydrogen) atoms. The van der Waals surface area contributed by atoms with E-state index in [0.29, 0.717) is 11.9 Å². The maximum Gasteiger partial charge on any atom is 0.277 e. The number of nitrogens with zero attached hydrogens (tertiary/aromatic N) is 4. The van der Waals surface area contributed by atoms with Crippen LogP contribution in [0.1, 0.15) is 45.7 Å². The van der Waals surface area contributed by atoms with Crippen LogP contribution in [-0.4, -0.2) is 19.7 Å². The normalized spacial score (nSPS) is 16.3. The van der Waals surface area contributed by atoms with Crippen LogP contribution in [-0.2, 0) is 12.8 Å². The van der Waals surface area contributed by atoms with Gasteiger partial charge in [-0.05, 0) is 68.2 Å². The molecule has 1 aromatic carbocycles. The van der Waals surface area contributed by atoms with Crippen molar-refractivity contribution in [2.75, 3.05) is 0 Å². The Morgan fingerprint density at radius 1 is 1.04 bits per heavy atom. The summed E-state index contributed by atoms with van der Waals surface area (Å²) in [5.74, 6) is 0.774. The van der Waals surface area contributed by atoms with Crippen molar-refractivity contribution in [1.82, 2.24) is 19.7 Å². The van der Waals surface area contributed by atoms with E-state index in [1.54, 1.807) is 12.4 Å². The van der Waals surface area contributed by atoms with Crippen molar-refractivity contribution in [2.45, 2.75) is 46.0 Å². The van der Waals surface area contributed by atoms with Gasteiger partial charge < -0.3 is 0 Å². The summed E-state index contributed by atoms with van der Waals surface area (Å²) in [6.45, 7) is 6.20. The molecule has 0 fully saturated rings. The average molecular weight is 346 g/mol. The Morgan fingerprint density at radius 3 is 2.54 bits per heavy atom. The zero-order valence-corrected chi connectivity index (χ0v) is 15.4. The maximum atomic E-state index is 12.9. The van der Waals surface area contributed by atoms with Gasteiger partial charge in [0.1, 0.15) is 0 Å². The summed E-state index contributed by atoms with van der Waals surface area (Å²) in [7, 11) is 0. The van der Waals surface area contributed by atoms with Crippen LogP contribution in [0.15, 0.2) is 41.6 Å². The van der Waals surface area contributed by atoms with E-state index in [4.69, 9.17) is 0 Å². The molecule has 1 atom stereocenters. The third-order valence-corrected chi connectivity index (χ3v) is 5.20. The Morgan fingerprint density at radius 2 is 1.81 bits per heavy atom. The van der Waals surface area contributed by atoms with Crippen LogP contribution in [0.25, 0.3) is 5.95 Å². The quantitative estimate of drug-likeness (QED) is 0.715. The molecule has 5 nitrogen and oxygen atoms in total. The van der Waals surface area contributed by atoms with Gasteiger partial charge in [0.2, 0.25) is 0 Å². The number of rotatable bonds is 2. The fraction of sp³-hybridized carbons (Fsp3) is 0.333. The van der Waals surface area contributed by atoms with E-state index in [9.17, 15) is 4.79 Å². The molecule has 1 unspecified atom stereocenters. The molecular formula is C21H22N4O. The summed E-state index contributed by atoms with van der Waals surface area (Å²) in [4.78, 5) is 21.3. The van der Waals surface area contributed by atoms with Crippen LogP contribution < -0.4 is 5.56 Å². The summed E-state index contributed by atoms with van der Waals surface area (Å²) >= 11 is 0. The van der Waals surface area contributed by atoms with Gasteiger partial charge in [-0.25, -0.2) is 9.97 Å². The van der Waals surface area contributed by atoms with E-state index in [1.165, 1.54) is 21.4 Å². The third kappa shape index (κ3) is 2.94. The molecule has 2 heterocycles. The predicted octanol–water partition coefficient (Wildman–Crippen LogP) is 3.22. The molecular weight excluding hydrogens is 324 g/mol. The van der Waals surface area contributed by atoms with Gasteiger partial charge in [-0.3, -0.25) is 4.79 Å². The van der Waals surface area contributed by atoms with E-state index in [2.05, 4.69) is 47.1 Å². The number of aromatic nitrogens is 4. The van der Waals surface area contributed by atoms with Crippen LogP contribution in [0, 0.1) is 20.8 Å². The van der Waals surface area contributed by atoms with E-state index in [1.807, 2.05) is 13.1 Å². The molecule has 2 aromatic heterocycles. The second kappa shape index (κ2) is 6.48. The zero-order valence-electron chi connectivity index (χ0n) is 15.4. The maximum absolute atomic E-state index is 12.9. The first kappa shape index (κ1) is 16.6. The molecule has 0 radical (unpaired) electrons. The number of aryl methyl sites for hydroxylation is 3. The van der Waals surface area contributed by atoms with Gasteiger partial charge in [-0.1, -0.05) is 23.8 Å². The van der Waals surface area contributed by atoms with Crippen molar-refractivity contribution in [3.63, 3.8) is 0 Å². The first-order valence-electron chi connectivity index (χ1n) is 8.99. The first-order valence-corrected chi connectivity index (χ1v) is 8.99. The van der Waals surface area contributed by atoms with Crippen LogP contribution in [0.5, 0.6) is 0 Å². The Labute approximate surface area is 152 Å². The number of benzene rings is 1. The van der Waals surface area contributed by atoms with Gasteiger partial charge >= 0.3 is 0 Å². The lowest BCUT2D eigenvalue weighted by Crippen LogP contribution is -2.30. The fourth-order valence-electron chi connectivity index (χ4n) is 3.84. The lowest BCUT2D eigenvalue weighted by atomic mass is 9.79. The summed E-state index contributed by atoms with van der Waals surface area (Å²) in [6, 6.07) is 6.63. The summed E-state index contributed by atoms with van der Waals surface area (Å²) in [5.41, 5.74) is 6.76. The Bertz CT molecular complexity index is 1020. The van der Waals surface area contributed by atoms with E-state index >= 15 is 0 Å². The molecule has 0 saturated heterocycles. The highest BCUT2D eigenvalue weighted by atomic mass is 16.1. The van der Waals surface area contributed by atoms with Gasteiger partial charge in [-0.2, -0.15) is 9.78 Å². The minimum Gasteiger partial charge on any atom is -0.267 e. The predicted molar refractivity (Wildman–Crippen MR) is 101 cm³/mol. The van der Waals surface area contributed by atoms with Crippen molar-refractivity contribution < 1.29 is 0 Å². The summed E-state index contributed by atoms with van der Waals surface area (Å²) < 4.78 is 1.32. The molecule has 0 saturated carbocycles. The Kier molecular flexibility index (Phi) is 4.15. The Hall–Kier alpha value is -2.82. The number of hydrogen-bond acceptors (Lipinski definition) is 4. The van der Waals surface area contributed by atoms with Crippen molar-refractivity contribution in [2.24, 2.45) is 0 Å². The van der Waals surface area contributed by atoms with Crippen molar-refractivity contribution in [3.05, 3.63) is 80.5 Å². The van der Waals surface area contributed by atoms with Gasteiger partial charge in [0.05, 0.1) is 6.20 Å². The number of hydrogen-bond donors (Lipinski definition) is 0. The molecule has 0 aliphatic heterocycles. The highest BCUT2D eigenvalue weighted by molar-refractivity contribution is 5.37. The molecule has 3 aromatic rings. The minimum atomic E-state index is -0.0922. The SMILES string of the molecule is Cc1cnc(-n2ncc3c(c2=O)CCC(c2ccc(C)cc2C)C3)nc1. The van der Waals surface area contributed by atoms with E-state index in [-0.39, 0.29) is 5.56 Å². The Balaban J connectivity index is 1.68.